The number of hydrogen-bond donors (Lipinski definition) is 1. The average molecular weight is 353 g/mol. The molecular formula is C21H21ClN2O. The Kier molecular flexibility index (Phi) is 4.26. The van der Waals surface area contributed by atoms with E-state index in [2.05, 4.69) is 24.4 Å². The van der Waals surface area contributed by atoms with Crippen molar-refractivity contribution in [2.45, 2.75) is 32.6 Å². The molecule has 0 bridgehead atoms. The molecule has 128 valence electrons. The fourth-order valence-electron chi connectivity index (χ4n) is 3.59. The van der Waals surface area contributed by atoms with Gasteiger partial charge in [0.15, 0.2) is 0 Å². The molecule has 1 aromatic heterocycles. The van der Waals surface area contributed by atoms with E-state index in [0.29, 0.717) is 0 Å². The second-order valence-electron chi connectivity index (χ2n) is 6.61. The second kappa shape index (κ2) is 6.57. The van der Waals surface area contributed by atoms with Gasteiger partial charge in [-0.05, 0) is 74.1 Å². The van der Waals surface area contributed by atoms with Gasteiger partial charge in [0, 0.05) is 16.1 Å². The normalized spacial score (nSPS) is 13.6. The standard InChI is InChI=1S/C21H21ClN2O/c1-13-7-10-20(25-2)19(11-13)24-21-15-5-3-4-6-17(15)23-18-9-8-14(22)12-16(18)21/h7-12H,3-6H2,1-2H3,(H,23,24). The highest BCUT2D eigenvalue weighted by atomic mass is 35.5. The number of pyridine rings is 1. The van der Waals surface area contributed by atoms with Crippen LogP contribution < -0.4 is 10.1 Å². The number of anilines is 2. The van der Waals surface area contributed by atoms with E-state index in [-0.39, 0.29) is 0 Å². The van der Waals surface area contributed by atoms with Crippen LogP contribution in [0.5, 0.6) is 5.75 Å². The van der Waals surface area contributed by atoms with E-state index in [9.17, 15) is 0 Å². The van der Waals surface area contributed by atoms with Crippen LogP contribution >= 0.6 is 11.6 Å². The van der Waals surface area contributed by atoms with E-state index < -0.39 is 0 Å². The SMILES string of the molecule is COc1ccc(C)cc1Nc1c2c(nc3ccc(Cl)cc13)CCCC2. The summed E-state index contributed by atoms with van der Waals surface area (Å²) >= 11 is 6.28. The maximum atomic E-state index is 6.28. The molecule has 1 aliphatic rings. The molecule has 0 amide bonds. The van der Waals surface area contributed by atoms with E-state index in [4.69, 9.17) is 21.3 Å². The molecule has 3 aromatic rings. The largest absolute Gasteiger partial charge is 0.495 e. The van der Waals surface area contributed by atoms with E-state index >= 15 is 0 Å². The average Bonchev–Trinajstić information content (AvgIpc) is 2.62. The quantitative estimate of drug-likeness (QED) is 0.644. The molecule has 2 aromatic carbocycles. The van der Waals surface area contributed by atoms with Crippen LogP contribution in [-0.4, -0.2) is 12.1 Å². The molecule has 1 N–H and O–H groups in total. The van der Waals surface area contributed by atoms with E-state index in [1.807, 2.05) is 24.3 Å². The van der Waals surface area contributed by atoms with Gasteiger partial charge >= 0.3 is 0 Å². The first-order chi connectivity index (χ1) is 12.2. The molecule has 0 saturated carbocycles. The zero-order chi connectivity index (χ0) is 17.4. The Bertz CT molecular complexity index is 952. The number of halogens is 1. The first-order valence-corrected chi connectivity index (χ1v) is 9.06. The van der Waals surface area contributed by atoms with Crippen LogP contribution in [0.2, 0.25) is 5.02 Å². The fourth-order valence-corrected chi connectivity index (χ4v) is 3.77. The summed E-state index contributed by atoms with van der Waals surface area (Å²) in [6.45, 7) is 2.08. The van der Waals surface area contributed by atoms with Crippen LogP contribution in [0.1, 0.15) is 29.7 Å². The van der Waals surface area contributed by atoms with Crippen molar-refractivity contribution in [1.82, 2.24) is 4.98 Å². The number of fused-ring (bicyclic) bond motifs is 2. The highest BCUT2D eigenvalue weighted by molar-refractivity contribution is 6.31. The molecule has 25 heavy (non-hydrogen) atoms. The third kappa shape index (κ3) is 3.05. The number of nitrogens with one attached hydrogen (secondary N) is 1. The maximum absolute atomic E-state index is 6.28. The lowest BCUT2D eigenvalue weighted by Gasteiger charge is -2.22. The molecule has 0 saturated heterocycles. The number of methoxy groups -OCH3 is 1. The lowest BCUT2D eigenvalue weighted by atomic mass is 9.92. The first kappa shape index (κ1) is 16.2. The number of hydrogen-bond acceptors (Lipinski definition) is 3. The predicted molar refractivity (Wildman–Crippen MR) is 104 cm³/mol. The van der Waals surface area contributed by atoms with Crippen LogP contribution in [0.4, 0.5) is 11.4 Å². The Morgan fingerprint density at radius 1 is 1.08 bits per heavy atom. The highest BCUT2D eigenvalue weighted by Gasteiger charge is 2.19. The van der Waals surface area contributed by atoms with Gasteiger partial charge in [0.1, 0.15) is 5.75 Å². The van der Waals surface area contributed by atoms with Crippen molar-refractivity contribution in [3.63, 3.8) is 0 Å². The molecule has 0 unspecified atom stereocenters. The van der Waals surface area contributed by atoms with Gasteiger partial charge in [0.05, 0.1) is 24.0 Å². The van der Waals surface area contributed by atoms with Gasteiger partial charge in [0.2, 0.25) is 0 Å². The third-order valence-electron chi connectivity index (χ3n) is 4.84. The molecule has 1 aliphatic carbocycles. The minimum atomic E-state index is 0.726. The van der Waals surface area contributed by atoms with Crippen molar-refractivity contribution in [2.75, 3.05) is 12.4 Å². The van der Waals surface area contributed by atoms with Crippen molar-refractivity contribution < 1.29 is 4.74 Å². The Balaban J connectivity index is 1.93. The van der Waals surface area contributed by atoms with Crippen LogP contribution in [0.15, 0.2) is 36.4 Å². The minimum Gasteiger partial charge on any atom is -0.495 e. The number of aromatic nitrogens is 1. The summed E-state index contributed by atoms with van der Waals surface area (Å²) in [6.07, 6.45) is 4.47. The van der Waals surface area contributed by atoms with Crippen molar-refractivity contribution in [2.24, 2.45) is 0 Å². The van der Waals surface area contributed by atoms with Crippen LogP contribution in [0.25, 0.3) is 10.9 Å². The first-order valence-electron chi connectivity index (χ1n) is 8.68. The summed E-state index contributed by atoms with van der Waals surface area (Å²) in [7, 11) is 1.70. The predicted octanol–water partition coefficient (Wildman–Crippen LogP) is 5.83. The zero-order valence-electron chi connectivity index (χ0n) is 14.5. The minimum absolute atomic E-state index is 0.726. The van der Waals surface area contributed by atoms with Crippen molar-refractivity contribution >= 4 is 33.9 Å². The molecule has 1 heterocycles. The van der Waals surface area contributed by atoms with Crippen LogP contribution in [-0.2, 0) is 12.8 Å². The highest BCUT2D eigenvalue weighted by Crippen LogP contribution is 2.38. The summed E-state index contributed by atoms with van der Waals surface area (Å²) in [4.78, 5) is 4.89. The summed E-state index contributed by atoms with van der Waals surface area (Å²) in [5, 5.41) is 5.43. The van der Waals surface area contributed by atoms with Gasteiger partial charge < -0.3 is 10.1 Å². The van der Waals surface area contributed by atoms with E-state index in [1.165, 1.54) is 29.7 Å². The number of benzene rings is 2. The molecule has 0 spiro atoms. The lowest BCUT2D eigenvalue weighted by molar-refractivity contribution is 0.416. The Morgan fingerprint density at radius 3 is 2.76 bits per heavy atom. The summed E-state index contributed by atoms with van der Waals surface area (Å²) in [6, 6.07) is 12.1. The molecule has 3 nitrogen and oxygen atoms in total. The summed E-state index contributed by atoms with van der Waals surface area (Å²) in [5.74, 6) is 0.835. The van der Waals surface area contributed by atoms with E-state index in [1.54, 1.807) is 7.11 Å². The monoisotopic (exact) mass is 352 g/mol. The second-order valence-corrected chi connectivity index (χ2v) is 7.05. The number of ether oxygens (including phenoxy) is 1. The molecule has 0 atom stereocenters. The van der Waals surface area contributed by atoms with Gasteiger partial charge in [-0.15, -0.1) is 0 Å². The lowest BCUT2D eigenvalue weighted by Crippen LogP contribution is -2.10. The third-order valence-corrected chi connectivity index (χ3v) is 5.07. The summed E-state index contributed by atoms with van der Waals surface area (Å²) < 4.78 is 5.55. The topological polar surface area (TPSA) is 34.1 Å². The summed E-state index contributed by atoms with van der Waals surface area (Å²) in [5.41, 5.74) is 6.78. The molecular weight excluding hydrogens is 332 g/mol. The Labute approximate surface area is 153 Å². The van der Waals surface area contributed by atoms with Crippen molar-refractivity contribution in [3.05, 3.63) is 58.2 Å². The van der Waals surface area contributed by atoms with Crippen molar-refractivity contribution in [3.8, 4) is 5.75 Å². The van der Waals surface area contributed by atoms with Gasteiger partial charge in [0.25, 0.3) is 0 Å². The fraction of sp³-hybridized carbons (Fsp3) is 0.286. The van der Waals surface area contributed by atoms with Gasteiger partial charge in [-0.3, -0.25) is 4.98 Å². The van der Waals surface area contributed by atoms with Crippen LogP contribution in [0, 0.1) is 6.92 Å². The maximum Gasteiger partial charge on any atom is 0.142 e. The molecule has 0 fully saturated rings. The van der Waals surface area contributed by atoms with Crippen LogP contribution in [0.3, 0.4) is 0 Å². The smallest absolute Gasteiger partial charge is 0.142 e. The number of nitrogens with zero attached hydrogens (tertiary/aromatic N) is 1. The zero-order valence-corrected chi connectivity index (χ0v) is 15.3. The van der Waals surface area contributed by atoms with Gasteiger partial charge in [-0.2, -0.15) is 0 Å². The Hall–Kier alpha value is -2.26. The Morgan fingerprint density at radius 2 is 1.92 bits per heavy atom. The van der Waals surface area contributed by atoms with E-state index in [0.717, 1.165) is 45.9 Å². The number of rotatable bonds is 3. The number of aryl methyl sites for hydroxylation is 2. The molecule has 4 heteroatoms. The molecule has 0 radical (unpaired) electrons. The molecule has 4 rings (SSSR count). The molecule has 0 aliphatic heterocycles. The van der Waals surface area contributed by atoms with Crippen molar-refractivity contribution in [1.29, 1.82) is 0 Å². The van der Waals surface area contributed by atoms with Gasteiger partial charge in [-0.1, -0.05) is 17.7 Å². The van der Waals surface area contributed by atoms with Gasteiger partial charge in [-0.25, -0.2) is 0 Å².